The number of alkyl halides is 3. The van der Waals surface area contributed by atoms with Gasteiger partial charge in [-0.25, -0.2) is 4.98 Å². The van der Waals surface area contributed by atoms with Crippen LogP contribution in [0.4, 0.5) is 13.2 Å². The van der Waals surface area contributed by atoms with Gasteiger partial charge in [-0.1, -0.05) is 29.8 Å². The Morgan fingerprint density at radius 1 is 1.12 bits per heavy atom. The first-order valence-corrected chi connectivity index (χ1v) is 13.3. The van der Waals surface area contributed by atoms with Gasteiger partial charge in [0, 0.05) is 32.0 Å². The predicted molar refractivity (Wildman–Crippen MR) is 139 cm³/mol. The van der Waals surface area contributed by atoms with Gasteiger partial charge < -0.3 is 25.0 Å². The molecule has 2 aromatic rings. The molecule has 1 aromatic carbocycles. The molecular formula is C28H31F3N4O6. The van der Waals surface area contributed by atoms with Crippen LogP contribution in [0, 0.1) is 6.92 Å². The molecule has 0 radical (unpaired) electrons. The van der Waals surface area contributed by atoms with E-state index in [9.17, 15) is 32.3 Å². The highest BCUT2D eigenvalue weighted by Crippen LogP contribution is 2.27. The summed E-state index contributed by atoms with van der Waals surface area (Å²) < 4.78 is 49.6. The summed E-state index contributed by atoms with van der Waals surface area (Å²) in [5, 5.41) is 4.80. The fourth-order valence-corrected chi connectivity index (χ4v) is 4.77. The minimum Gasteiger partial charge on any atom is -0.482 e. The second-order valence-corrected chi connectivity index (χ2v) is 10.2. The van der Waals surface area contributed by atoms with E-state index in [-0.39, 0.29) is 36.4 Å². The molecule has 2 fully saturated rings. The quantitative estimate of drug-likeness (QED) is 0.463. The van der Waals surface area contributed by atoms with Crippen molar-refractivity contribution in [3.8, 4) is 5.75 Å². The van der Waals surface area contributed by atoms with Crippen molar-refractivity contribution < 1.29 is 41.8 Å². The largest absolute Gasteiger partial charge is 0.482 e. The molecule has 2 unspecified atom stereocenters. The Labute approximate surface area is 234 Å². The number of pyridine rings is 1. The van der Waals surface area contributed by atoms with Crippen molar-refractivity contribution in [1.82, 2.24) is 20.5 Å². The number of hydrogen-bond acceptors (Lipinski definition) is 7. The Bertz CT molecular complexity index is 1270. The molecular weight excluding hydrogens is 545 g/mol. The Morgan fingerprint density at radius 2 is 1.85 bits per heavy atom. The van der Waals surface area contributed by atoms with Crippen molar-refractivity contribution in [3.05, 3.63) is 59.4 Å². The van der Waals surface area contributed by atoms with E-state index in [4.69, 9.17) is 9.47 Å². The molecule has 2 aliphatic rings. The van der Waals surface area contributed by atoms with Crippen LogP contribution in [0.25, 0.3) is 0 Å². The van der Waals surface area contributed by atoms with Gasteiger partial charge >= 0.3 is 18.1 Å². The molecule has 41 heavy (non-hydrogen) atoms. The van der Waals surface area contributed by atoms with Gasteiger partial charge in [-0.3, -0.25) is 19.2 Å². The lowest BCUT2D eigenvalue weighted by Crippen LogP contribution is -2.52. The fourth-order valence-electron chi connectivity index (χ4n) is 4.77. The Morgan fingerprint density at radius 3 is 2.46 bits per heavy atom. The van der Waals surface area contributed by atoms with Gasteiger partial charge in [-0.15, -0.1) is 0 Å². The molecule has 2 N–H and O–H groups in total. The summed E-state index contributed by atoms with van der Waals surface area (Å²) >= 11 is 0. The molecule has 13 heteroatoms. The molecule has 3 amide bonds. The van der Waals surface area contributed by atoms with Crippen LogP contribution in [0.2, 0.25) is 0 Å². The van der Waals surface area contributed by atoms with Crippen LogP contribution in [0.3, 0.4) is 0 Å². The van der Waals surface area contributed by atoms with Gasteiger partial charge in [-0.2, -0.15) is 13.2 Å². The number of carbonyl (C=O) groups is 4. The molecule has 3 heterocycles. The number of carbonyl (C=O) groups excluding carboxylic acids is 4. The smallest absolute Gasteiger partial charge is 0.471 e. The zero-order valence-corrected chi connectivity index (χ0v) is 22.6. The normalized spacial score (nSPS) is 20.5. The highest BCUT2D eigenvalue weighted by Gasteiger charge is 2.40. The van der Waals surface area contributed by atoms with Crippen molar-refractivity contribution in [2.45, 2.75) is 70.0 Å². The van der Waals surface area contributed by atoms with E-state index >= 15 is 0 Å². The zero-order chi connectivity index (χ0) is 29.7. The highest BCUT2D eigenvalue weighted by atomic mass is 19.4. The molecule has 0 bridgehead atoms. The van der Waals surface area contributed by atoms with Crippen molar-refractivity contribution >= 4 is 23.7 Å². The molecule has 1 aromatic heterocycles. The average molecular weight is 577 g/mol. The molecule has 0 saturated carbocycles. The molecule has 0 aliphatic carbocycles. The molecule has 4 atom stereocenters. The summed E-state index contributed by atoms with van der Waals surface area (Å²) in [7, 11) is 0. The van der Waals surface area contributed by atoms with Gasteiger partial charge in [0.05, 0.1) is 12.2 Å². The number of amides is 3. The number of likely N-dealkylation sites (tertiary alicyclic amines) is 1. The van der Waals surface area contributed by atoms with Crippen LogP contribution < -0.4 is 15.4 Å². The average Bonchev–Trinajstić information content (AvgIpc) is 3.38. The van der Waals surface area contributed by atoms with E-state index in [1.54, 1.807) is 29.2 Å². The van der Waals surface area contributed by atoms with Gasteiger partial charge in [0.2, 0.25) is 0 Å². The summed E-state index contributed by atoms with van der Waals surface area (Å²) in [5.41, 5.74) is 1.55. The van der Waals surface area contributed by atoms with E-state index in [0.717, 1.165) is 5.56 Å². The number of nitrogens with one attached hydrogen (secondary N) is 2. The lowest BCUT2D eigenvalue weighted by molar-refractivity contribution is -0.174. The molecule has 2 aliphatic heterocycles. The topological polar surface area (TPSA) is 127 Å². The maximum absolute atomic E-state index is 12.9. The molecule has 10 nitrogen and oxygen atoms in total. The van der Waals surface area contributed by atoms with E-state index in [0.29, 0.717) is 31.4 Å². The Balaban J connectivity index is 1.39. The lowest BCUT2D eigenvalue weighted by Gasteiger charge is -2.34. The van der Waals surface area contributed by atoms with Gasteiger partial charge in [0.1, 0.15) is 17.5 Å². The van der Waals surface area contributed by atoms with Crippen LogP contribution >= 0.6 is 0 Å². The second-order valence-electron chi connectivity index (χ2n) is 10.2. The number of halogens is 3. The first kappa shape index (κ1) is 29.8. The first-order chi connectivity index (χ1) is 19.4. The number of benzene rings is 1. The fraction of sp³-hybridized carbons (Fsp3) is 0.464. The van der Waals surface area contributed by atoms with E-state index in [2.05, 4.69) is 10.3 Å². The zero-order valence-electron chi connectivity index (χ0n) is 22.6. The Hall–Kier alpha value is -4.16. The van der Waals surface area contributed by atoms with Gasteiger partial charge in [0.25, 0.3) is 11.8 Å². The number of cyclic esters (lactones) is 1. The molecule has 220 valence electrons. The maximum Gasteiger partial charge on any atom is 0.471 e. The monoisotopic (exact) mass is 576 g/mol. The highest BCUT2D eigenvalue weighted by molar-refractivity contribution is 5.92. The minimum atomic E-state index is -5.05. The van der Waals surface area contributed by atoms with Crippen LogP contribution in [0.1, 0.15) is 60.3 Å². The number of hydrogen-bond donors (Lipinski definition) is 2. The SMILES string of the molecule is Cc1ccc([C@@H](Oc2ccc(C(=O)NC3CCCN(C(=O)[C@H]4CCC(=O)O4)C3)nc2)C(C)NC(=O)C(F)(F)F)cc1. The van der Waals surface area contributed by atoms with Crippen molar-refractivity contribution in [2.24, 2.45) is 0 Å². The standard InChI is InChI=1S/C28H31F3N4O6/c1-16-5-7-18(8-6-16)24(17(2)33-27(39)28(29,30)31)40-20-9-10-21(32-14-20)25(37)34-19-4-3-13-35(15-19)26(38)22-11-12-23(36)41-22/h5-10,14,17,19,22,24H,3-4,11-13,15H2,1-2H3,(H,33,39)(H,34,37)/t17?,19?,22-,24+/m1/s1. The van der Waals surface area contributed by atoms with Gasteiger partial charge in [-0.05, 0) is 44.4 Å². The van der Waals surface area contributed by atoms with Crippen LogP contribution in [0.5, 0.6) is 5.75 Å². The number of piperidine rings is 1. The first-order valence-electron chi connectivity index (χ1n) is 13.3. The third-order valence-electron chi connectivity index (χ3n) is 6.94. The number of aromatic nitrogens is 1. The summed E-state index contributed by atoms with van der Waals surface area (Å²) in [6.45, 7) is 4.04. The van der Waals surface area contributed by atoms with Crippen molar-refractivity contribution in [2.75, 3.05) is 13.1 Å². The second kappa shape index (κ2) is 12.6. The number of nitrogens with zero attached hydrogens (tertiary/aromatic N) is 2. The molecule has 4 rings (SSSR count). The summed E-state index contributed by atoms with van der Waals surface area (Å²) in [6.07, 6.45) is -3.65. The lowest BCUT2D eigenvalue weighted by atomic mass is 10.0. The van der Waals surface area contributed by atoms with Crippen molar-refractivity contribution in [3.63, 3.8) is 0 Å². The molecule has 0 spiro atoms. The van der Waals surface area contributed by atoms with E-state index < -0.39 is 42.2 Å². The van der Waals surface area contributed by atoms with Crippen molar-refractivity contribution in [1.29, 1.82) is 0 Å². The summed E-state index contributed by atoms with van der Waals surface area (Å²) in [4.78, 5) is 54.2. The number of rotatable bonds is 8. The summed E-state index contributed by atoms with van der Waals surface area (Å²) in [5.74, 6) is -3.03. The third kappa shape index (κ3) is 7.74. The number of aryl methyl sites for hydroxylation is 1. The third-order valence-corrected chi connectivity index (χ3v) is 6.94. The number of esters is 1. The molecule has 2 saturated heterocycles. The maximum atomic E-state index is 12.9. The number of ether oxygens (including phenoxy) is 2. The minimum absolute atomic E-state index is 0.0795. The van der Waals surface area contributed by atoms with E-state index in [1.807, 2.05) is 12.2 Å². The predicted octanol–water partition coefficient (Wildman–Crippen LogP) is 3.00. The van der Waals surface area contributed by atoms with E-state index in [1.165, 1.54) is 25.3 Å². The summed E-state index contributed by atoms with van der Waals surface area (Å²) in [6, 6.07) is 8.44. The van der Waals surface area contributed by atoms with Crippen LogP contribution in [-0.4, -0.2) is 71.0 Å². The van der Waals surface area contributed by atoms with Crippen LogP contribution in [0.15, 0.2) is 42.6 Å². The van der Waals surface area contributed by atoms with Crippen LogP contribution in [-0.2, 0) is 19.1 Å². The Kier molecular flexibility index (Phi) is 9.14. The van der Waals surface area contributed by atoms with Gasteiger partial charge in [0.15, 0.2) is 6.10 Å².